The summed E-state index contributed by atoms with van der Waals surface area (Å²) < 4.78 is 5.14. The predicted octanol–water partition coefficient (Wildman–Crippen LogP) is 2.05. The number of aryl methyl sites for hydroxylation is 1. The second-order valence-corrected chi connectivity index (χ2v) is 6.14. The van der Waals surface area contributed by atoms with Gasteiger partial charge in [0.15, 0.2) is 10.8 Å². The number of amides is 1. The molecule has 0 aliphatic heterocycles. The zero-order valence-corrected chi connectivity index (χ0v) is 13.5. The van der Waals surface area contributed by atoms with E-state index in [0.29, 0.717) is 36.4 Å². The van der Waals surface area contributed by atoms with Gasteiger partial charge in [-0.05, 0) is 27.2 Å². The highest BCUT2D eigenvalue weighted by Crippen LogP contribution is 2.19. The van der Waals surface area contributed by atoms with E-state index < -0.39 is 11.7 Å². The molecule has 9 heteroatoms. The zero-order valence-electron chi connectivity index (χ0n) is 12.7. The van der Waals surface area contributed by atoms with E-state index in [0.717, 1.165) is 0 Å². The molecule has 2 aromatic rings. The quantitative estimate of drug-likeness (QED) is 0.584. The van der Waals surface area contributed by atoms with Crippen molar-refractivity contribution in [1.29, 1.82) is 0 Å². The number of H-pyrrole nitrogens is 1. The first kappa shape index (κ1) is 16.3. The molecule has 0 saturated heterocycles. The van der Waals surface area contributed by atoms with Gasteiger partial charge >= 0.3 is 6.09 Å². The number of rotatable bonds is 4. The van der Waals surface area contributed by atoms with Crippen LogP contribution in [0.25, 0.3) is 11.2 Å². The summed E-state index contributed by atoms with van der Waals surface area (Å²) in [6.07, 6.45) is 0.890. The third kappa shape index (κ3) is 4.45. The van der Waals surface area contributed by atoms with Gasteiger partial charge in [-0.2, -0.15) is 9.97 Å². The molecule has 0 bridgehead atoms. The molecule has 0 fully saturated rings. The fourth-order valence-electron chi connectivity index (χ4n) is 1.81. The molecule has 0 aliphatic carbocycles. The number of nitrogens with one attached hydrogen (secondary N) is 2. The summed E-state index contributed by atoms with van der Waals surface area (Å²) in [5.74, 6) is 0.807. The summed E-state index contributed by atoms with van der Waals surface area (Å²) in [5, 5.41) is 2.91. The maximum atomic E-state index is 11.5. The summed E-state index contributed by atoms with van der Waals surface area (Å²) in [6, 6.07) is 0. The first-order valence-electron chi connectivity index (χ1n) is 6.89. The first-order chi connectivity index (χ1) is 10.2. The van der Waals surface area contributed by atoms with Crippen LogP contribution in [0.3, 0.4) is 0 Å². The Morgan fingerprint density at radius 3 is 2.77 bits per heavy atom. The topological polar surface area (TPSA) is 119 Å². The molecule has 0 spiro atoms. The number of halogens is 1. The largest absolute Gasteiger partial charge is 0.444 e. The highest BCUT2D eigenvalue weighted by Gasteiger charge is 2.15. The molecule has 2 aromatic heterocycles. The fourth-order valence-corrected chi connectivity index (χ4v) is 2.03. The highest BCUT2D eigenvalue weighted by atomic mass is 35.5. The van der Waals surface area contributed by atoms with Crippen LogP contribution >= 0.6 is 11.6 Å². The molecule has 0 aliphatic rings. The molecule has 2 heterocycles. The van der Waals surface area contributed by atoms with E-state index in [1.807, 2.05) is 20.8 Å². The number of ether oxygens (including phenoxy) is 1. The van der Waals surface area contributed by atoms with Crippen LogP contribution in [0, 0.1) is 0 Å². The third-order valence-corrected chi connectivity index (χ3v) is 2.89. The summed E-state index contributed by atoms with van der Waals surface area (Å²) in [5.41, 5.74) is 6.02. The van der Waals surface area contributed by atoms with Crippen molar-refractivity contribution in [2.24, 2.45) is 0 Å². The van der Waals surface area contributed by atoms with Crippen molar-refractivity contribution in [2.75, 3.05) is 12.3 Å². The van der Waals surface area contributed by atoms with Gasteiger partial charge in [-0.25, -0.2) is 9.78 Å². The van der Waals surface area contributed by atoms with E-state index >= 15 is 0 Å². The molecule has 0 radical (unpaired) electrons. The number of carbonyl (C=O) groups excluding carboxylic acids is 1. The minimum absolute atomic E-state index is 0.0966. The van der Waals surface area contributed by atoms with E-state index in [1.54, 1.807) is 0 Å². The van der Waals surface area contributed by atoms with Gasteiger partial charge in [0.05, 0.1) is 0 Å². The summed E-state index contributed by atoms with van der Waals surface area (Å²) >= 11 is 5.95. The predicted molar refractivity (Wildman–Crippen MR) is 83.7 cm³/mol. The van der Waals surface area contributed by atoms with Crippen molar-refractivity contribution in [2.45, 2.75) is 39.2 Å². The van der Waals surface area contributed by atoms with Crippen LogP contribution in [-0.4, -0.2) is 38.2 Å². The average Bonchev–Trinajstić information content (AvgIpc) is 2.75. The van der Waals surface area contributed by atoms with Crippen molar-refractivity contribution in [3.63, 3.8) is 0 Å². The summed E-state index contributed by atoms with van der Waals surface area (Å²) in [6.45, 7) is 5.93. The number of fused-ring (bicyclic) bond motifs is 1. The lowest BCUT2D eigenvalue weighted by Gasteiger charge is -2.19. The Morgan fingerprint density at radius 2 is 2.09 bits per heavy atom. The standard InChI is InChI=1S/C13H19ClN6O2/c1-13(2,3)22-12(21)16-6-4-5-7-17-8-9(14)19-11(15)20-10(8)18-7/h4-6H2,1-3H3,(H,16,21)(H3,15,17,18,19,20). The van der Waals surface area contributed by atoms with Crippen LogP contribution in [0.1, 0.15) is 33.0 Å². The Bertz CT molecular complexity index is 679. The second-order valence-electron chi connectivity index (χ2n) is 5.79. The minimum atomic E-state index is -0.502. The summed E-state index contributed by atoms with van der Waals surface area (Å²) in [4.78, 5) is 26.7. The van der Waals surface area contributed by atoms with Gasteiger partial charge in [-0.15, -0.1) is 0 Å². The molecular formula is C13H19ClN6O2. The summed E-state index contributed by atoms with van der Waals surface area (Å²) in [7, 11) is 0. The van der Waals surface area contributed by atoms with E-state index in [4.69, 9.17) is 22.1 Å². The second kappa shape index (κ2) is 6.35. The van der Waals surface area contributed by atoms with Crippen LogP contribution in [0.5, 0.6) is 0 Å². The van der Waals surface area contributed by atoms with Crippen molar-refractivity contribution < 1.29 is 9.53 Å². The van der Waals surface area contributed by atoms with Gasteiger partial charge < -0.3 is 20.8 Å². The molecule has 0 saturated carbocycles. The minimum Gasteiger partial charge on any atom is -0.444 e. The SMILES string of the molecule is CC(C)(C)OC(=O)NCCCc1nc2c(Cl)nc(N)nc2[nH]1. The fraction of sp³-hybridized carbons (Fsp3) is 0.538. The van der Waals surface area contributed by atoms with Crippen molar-refractivity contribution in [1.82, 2.24) is 25.3 Å². The number of aromatic nitrogens is 4. The molecular weight excluding hydrogens is 308 g/mol. The molecule has 2 rings (SSSR count). The zero-order chi connectivity index (χ0) is 16.3. The van der Waals surface area contributed by atoms with Gasteiger partial charge in [0, 0.05) is 13.0 Å². The van der Waals surface area contributed by atoms with Crippen molar-refractivity contribution in [3.05, 3.63) is 11.0 Å². The van der Waals surface area contributed by atoms with Gasteiger partial charge in [-0.3, -0.25) is 0 Å². The Kier molecular flexibility index (Phi) is 4.70. The van der Waals surface area contributed by atoms with Crippen LogP contribution in [-0.2, 0) is 11.2 Å². The molecule has 8 nitrogen and oxygen atoms in total. The van der Waals surface area contributed by atoms with E-state index in [2.05, 4.69) is 25.3 Å². The average molecular weight is 327 g/mol. The lowest BCUT2D eigenvalue weighted by molar-refractivity contribution is 0.0527. The van der Waals surface area contributed by atoms with E-state index in [9.17, 15) is 4.79 Å². The van der Waals surface area contributed by atoms with Gasteiger partial charge in [0.25, 0.3) is 0 Å². The number of aromatic amines is 1. The van der Waals surface area contributed by atoms with Gasteiger partial charge in [0.1, 0.15) is 16.9 Å². The van der Waals surface area contributed by atoms with Crippen LogP contribution in [0.4, 0.5) is 10.7 Å². The Labute approximate surface area is 132 Å². The first-order valence-corrected chi connectivity index (χ1v) is 7.27. The molecule has 1 amide bonds. The molecule has 4 N–H and O–H groups in total. The van der Waals surface area contributed by atoms with Crippen LogP contribution in [0.2, 0.25) is 5.15 Å². The van der Waals surface area contributed by atoms with Crippen molar-refractivity contribution >= 4 is 34.8 Å². The Balaban J connectivity index is 1.85. The van der Waals surface area contributed by atoms with E-state index in [1.165, 1.54) is 0 Å². The number of nitrogens with two attached hydrogens (primary N) is 1. The number of alkyl carbamates (subject to hydrolysis) is 1. The number of anilines is 1. The smallest absolute Gasteiger partial charge is 0.407 e. The number of imidazole rings is 1. The molecule has 0 atom stereocenters. The van der Waals surface area contributed by atoms with Crippen molar-refractivity contribution in [3.8, 4) is 0 Å². The Hall–Kier alpha value is -2.09. The molecule has 120 valence electrons. The molecule has 22 heavy (non-hydrogen) atoms. The molecule has 0 aromatic carbocycles. The van der Waals surface area contributed by atoms with Crippen LogP contribution in [0.15, 0.2) is 0 Å². The number of carbonyl (C=O) groups is 1. The maximum absolute atomic E-state index is 11.5. The van der Waals surface area contributed by atoms with E-state index in [-0.39, 0.29) is 11.1 Å². The Morgan fingerprint density at radius 1 is 1.36 bits per heavy atom. The monoisotopic (exact) mass is 326 g/mol. The van der Waals surface area contributed by atoms with Crippen LogP contribution < -0.4 is 11.1 Å². The van der Waals surface area contributed by atoms with Gasteiger partial charge in [-0.1, -0.05) is 11.6 Å². The van der Waals surface area contributed by atoms with Gasteiger partial charge in [0.2, 0.25) is 5.95 Å². The lowest BCUT2D eigenvalue weighted by atomic mass is 10.2. The third-order valence-electron chi connectivity index (χ3n) is 2.63. The lowest BCUT2D eigenvalue weighted by Crippen LogP contribution is -2.33. The molecule has 0 unspecified atom stereocenters. The highest BCUT2D eigenvalue weighted by molar-refractivity contribution is 6.33. The number of hydrogen-bond donors (Lipinski definition) is 3. The normalized spacial score (nSPS) is 11.6. The number of nitrogen functional groups attached to an aromatic ring is 1. The number of nitrogens with zero attached hydrogens (tertiary/aromatic N) is 3. The number of hydrogen-bond acceptors (Lipinski definition) is 6. The maximum Gasteiger partial charge on any atom is 0.407 e.